The molecule has 0 radical (unpaired) electrons. The number of benzene rings is 1. The number of aliphatic hydroxyl groups is 1. The Balaban J connectivity index is 2.12. The lowest BCUT2D eigenvalue weighted by Gasteiger charge is -2.19. The van der Waals surface area contributed by atoms with E-state index >= 15 is 0 Å². The maximum absolute atomic E-state index is 9.02. The Bertz CT molecular complexity index is 331. The van der Waals surface area contributed by atoms with Crippen LogP contribution in [0.25, 0.3) is 0 Å². The third-order valence-electron chi connectivity index (χ3n) is 3.36. The Hall–Kier alpha value is -0.820. The van der Waals surface area contributed by atoms with Crippen LogP contribution in [-0.4, -0.2) is 11.7 Å². The van der Waals surface area contributed by atoms with Gasteiger partial charge in [-0.05, 0) is 34.8 Å². The first-order chi connectivity index (χ1) is 7.02. The first-order valence-electron chi connectivity index (χ1n) is 5.73. The van der Waals surface area contributed by atoms with Crippen molar-refractivity contribution in [3.8, 4) is 0 Å². The van der Waals surface area contributed by atoms with Gasteiger partial charge in [-0.25, -0.2) is 0 Å². The van der Waals surface area contributed by atoms with Crippen LogP contribution in [0.3, 0.4) is 0 Å². The highest BCUT2D eigenvalue weighted by Crippen LogP contribution is 2.47. The molecule has 2 rings (SSSR count). The summed E-state index contributed by atoms with van der Waals surface area (Å²) < 4.78 is 0. The van der Waals surface area contributed by atoms with Crippen molar-refractivity contribution in [3.05, 3.63) is 35.4 Å². The number of rotatable bonds is 2. The van der Waals surface area contributed by atoms with E-state index in [1.165, 1.54) is 11.1 Å². The van der Waals surface area contributed by atoms with E-state index in [0.717, 1.165) is 6.42 Å². The third kappa shape index (κ3) is 2.23. The fourth-order valence-corrected chi connectivity index (χ4v) is 2.09. The minimum Gasteiger partial charge on any atom is -0.396 e. The average molecular weight is 204 g/mol. The van der Waals surface area contributed by atoms with Crippen LogP contribution in [0.5, 0.6) is 0 Å². The predicted molar refractivity (Wildman–Crippen MR) is 63.1 cm³/mol. The Labute approximate surface area is 92.1 Å². The largest absolute Gasteiger partial charge is 0.396 e. The summed E-state index contributed by atoms with van der Waals surface area (Å²) in [6, 6.07) is 8.89. The van der Waals surface area contributed by atoms with E-state index in [9.17, 15) is 0 Å². The van der Waals surface area contributed by atoms with E-state index < -0.39 is 0 Å². The molecule has 82 valence electrons. The molecule has 0 amide bonds. The van der Waals surface area contributed by atoms with Crippen LogP contribution in [0.15, 0.2) is 24.3 Å². The Kier molecular flexibility index (Phi) is 2.59. The number of aliphatic hydroxyl groups excluding tert-OH is 1. The van der Waals surface area contributed by atoms with Crippen LogP contribution in [0.2, 0.25) is 0 Å². The average Bonchev–Trinajstić information content (AvgIpc) is 2.95. The van der Waals surface area contributed by atoms with E-state index in [-0.39, 0.29) is 5.41 Å². The van der Waals surface area contributed by atoms with Crippen LogP contribution >= 0.6 is 0 Å². The van der Waals surface area contributed by atoms with Gasteiger partial charge >= 0.3 is 0 Å². The summed E-state index contributed by atoms with van der Waals surface area (Å²) in [7, 11) is 0. The molecule has 1 aromatic carbocycles. The van der Waals surface area contributed by atoms with Gasteiger partial charge in [0.05, 0.1) is 0 Å². The maximum atomic E-state index is 9.02. The van der Waals surface area contributed by atoms with Crippen LogP contribution in [0.4, 0.5) is 0 Å². The van der Waals surface area contributed by atoms with Gasteiger partial charge in [-0.1, -0.05) is 45.0 Å². The molecule has 1 fully saturated rings. The molecular weight excluding hydrogens is 184 g/mol. The zero-order valence-electron chi connectivity index (χ0n) is 9.83. The van der Waals surface area contributed by atoms with E-state index in [0.29, 0.717) is 18.4 Å². The van der Waals surface area contributed by atoms with Gasteiger partial charge in [0.15, 0.2) is 0 Å². The van der Waals surface area contributed by atoms with Crippen molar-refractivity contribution in [3.63, 3.8) is 0 Å². The van der Waals surface area contributed by atoms with Crippen LogP contribution in [-0.2, 0) is 5.41 Å². The molecule has 2 unspecified atom stereocenters. The van der Waals surface area contributed by atoms with Gasteiger partial charge in [0, 0.05) is 6.61 Å². The molecule has 1 aliphatic carbocycles. The van der Waals surface area contributed by atoms with Crippen molar-refractivity contribution in [2.24, 2.45) is 5.92 Å². The molecule has 1 aliphatic rings. The first-order valence-corrected chi connectivity index (χ1v) is 5.73. The van der Waals surface area contributed by atoms with Gasteiger partial charge in [-0.3, -0.25) is 0 Å². The summed E-state index contributed by atoms with van der Waals surface area (Å²) in [6.07, 6.45) is 1.16. The maximum Gasteiger partial charge on any atom is 0.0465 e. The summed E-state index contributed by atoms with van der Waals surface area (Å²) in [5.41, 5.74) is 3.01. The number of hydrogen-bond acceptors (Lipinski definition) is 1. The second kappa shape index (κ2) is 3.64. The summed E-state index contributed by atoms with van der Waals surface area (Å²) in [5.74, 6) is 1.13. The van der Waals surface area contributed by atoms with Gasteiger partial charge in [0.1, 0.15) is 0 Å². The molecule has 0 bridgehead atoms. The zero-order valence-corrected chi connectivity index (χ0v) is 9.83. The summed E-state index contributed by atoms with van der Waals surface area (Å²) in [4.78, 5) is 0. The van der Waals surface area contributed by atoms with Crippen LogP contribution < -0.4 is 0 Å². The van der Waals surface area contributed by atoms with Crippen molar-refractivity contribution >= 4 is 0 Å². The lowest BCUT2D eigenvalue weighted by molar-refractivity contribution is 0.274. The highest BCUT2D eigenvalue weighted by Gasteiger charge is 2.37. The topological polar surface area (TPSA) is 20.2 Å². The summed E-state index contributed by atoms with van der Waals surface area (Å²) >= 11 is 0. The summed E-state index contributed by atoms with van der Waals surface area (Å²) in [6.45, 7) is 7.03. The molecule has 1 heteroatoms. The van der Waals surface area contributed by atoms with E-state index in [4.69, 9.17) is 5.11 Å². The molecule has 1 saturated carbocycles. The molecule has 0 saturated heterocycles. The second-order valence-electron chi connectivity index (χ2n) is 5.66. The van der Waals surface area contributed by atoms with Gasteiger partial charge in [0.25, 0.3) is 0 Å². The molecule has 0 aromatic heterocycles. The second-order valence-corrected chi connectivity index (χ2v) is 5.66. The minimum atomic E-state index is 0.235. The van der Waals surface area contributed by atoms with Crippen molar-refractivity contribution in [2.75, 3.05) is 6.61 Å². The van der Waals surface area contributed by atoms with Crippen LogP contribution in [0.1, 0.15) is 44.2 Å². The van der Waals surface area contributed by atoms with E-state index in [1.807, 2.05) is 0 Å². The molecule has 0 aliphatic heterocycles. The van der Waals surface area contributed by atoms with Gasteiger partial charge < -0.3 is 5.11 Å². The van der Waals surface area contributed by atoms with Crippen molar-refractivity contribution < 1.29 is 5.11 Å². The SMILES string of the molecule is CC(C)(C)c1ccc(C2CC2CO)cc1. The summed E-state index contributed by atoms with van der Waals surface area (Å²) in [5, 5.41) is 9.02. The van der Waals surface area contributed by atoms with E-state index in [1.54, 1.807) is 0 Å². The molecule has 2 atom stereocenters. The lowest BCUT2D eigenvalue weighted by Crippen LogP contribution is -2.10. The molecule has 1 nitrogen and oxygen atoms in total. The highest BCUT2D eigenvalue weighted by atomic mass is 16.3. The predicted octanol–water partition coefficient (Wildman–Crippen LogP) is 3.08. The fourth-order valence-electron chi connectivity index (χ4n) is 2.09. The molecule has 0 heterocycles. The minimum absolute atomic E-state index is 0.235. The first kappa shape index (κ1) is 10.7. The fraction of sp³-hybridized carbons (Fsp3) is 0.571. The normalized spacial score (nSPS) is 25.3. The lowest BCUT2D eigenvalue weighted by atomic mass is 9.86. The Morgan fingerprint density at radius 2 is 1.80 bits per heavy atom. The van der Waals surface area contributed by atoms with Gasteiger partial charge in [0.2, 0.25) is 0 Å². The number of hydrogen-bond donors (Lipinski definition) is 1. The molecule has 0 spiro atoms. The molecule has 15 heavy (non-hydrogen) atoms. The highest BCUT2D eigenvalue weighted by molar-refractivity contribution is 5.32. The van der Waals surface area contributed by atoms with Gasteiger partial charge in [-0.2, -0.15) is 0 Å². The van der Waals surface area contributed by atoms with Crippen molar-refractivity contribution in [2.45, 2.75) is 38.5 Å². The molecule has 1 aromatic rings. The third-order valence-corrected chi connectivity index (χ3v) is 3.36. The zero-order chi connectivity index (χ0) is 11.1. The quantitative estimate of drug-likeness (QED) is 0.785. The van der Waals surface area contributed by atoms with Gasteiger partial charge in [-0.15, -0.1) is 0 Å². The Morgan fingerprint density at radius 1 is 1.20 bits per heavy atom. The Morgan fingerprint density at radius 3 is 2.20 bits per heavy atom. The van der Waals surface area contributed by atoms with Crippen molar-refractivity contribution in [1.82, 2.24) is 0 Å². The molecule has 1 N–H and O–H groups in total. The standard InChI is InChI=1S/C14H20O/c1-14(2,3)12-6-4-10(5-7-12)13-8-11(13)9-15/h4-7,11,13,15H,8-9H2,1-3H3. The smallest absolute Gasteiger partial charge is 0.0465 e. The van der Waals surface area contributed by atoms with E-state index in [2.05, 4.69) is 45.0 Å². The monoisotopic (exact) mass is 204 g/mol. The van der Waals surface area contributed by atoms with Crippen molar-refractivity contribution in [1.29, 1.82) is 0 Å². The molecular formula is C14H20O. The van der Waals surface area contributed by atoms with Crippen LogP contribution in [0, 0.1) is 5.92 Å².